The lowest BCUT2D eigenvalue weighted by Crippen LogP contribution is -2.40. The zero-order valence-corrected chi connectivity index (χ0v) is 18.4. The average Bonchev–Trinajstić information content (AvgIpc) is 3.36. The third-order valence-corrected chi connectivity index (χ3v) is 6.15. The Bertz CT molecular complexity index is 1010. The molecule has 1 saturated heterocycles. The van der Waals surface area contributed by atoms with Crippen molar-refractivity contribution >= 4 is 29.3 Å². The van der Waals surface area contributed by atoms with Gasteiger partial charge in [0.2, 0.25) is 11.9 Å². The number of nitrogens with zero attached hydrogens (tertiary/aromatic N) is 4. The number of halogens is 1. The van der Waals surface area contributed by atoms with Gasteiger partial charge < -0.3 is 14.6 Å². The van der Waals surface area contributed by atoms with Gasteiger partial charge in [0.05, 0.1) is 18.6 Å². The van der Waals surface area contributed by atoms with Crippen molar-refractivity contribution in [3.63, 3.8) is 0 Å². The molecule has 3 heterocycles. The Balaban J connectivity index is 1.50. The van der Waals surface area contributed by atoms with E-state index in [4.69, 9.17) is 4.42 Å². The summed E-state index contributed by atoms with van der Waals surface area (Å²) in [5.41, 5.74) is 0.430. The number of rotatable bonds is 7. The van der Waals surface area contributed by atoms with Crippen LogP contribution < -0.4 is 10.2 Å². The Morgan fingerprint density at radius 3 is 2.74 bits per heavy atom. The van der Waals surface area contributed by atoms with Gasteiger partial charge in [-0.1, -0.05) is 31.7 Å². The number of aromatic nitrogens is 3. The normalized spacial score (nSPS) is 18.9. The van der Waals surface area contributed by atoms with Gasteiger partial charge in [0, 0.05) is 18.8 Å². The second kappa shape index (κ2) is 9.55. The number of carbonyl (C=O) groups excluding carboxylic acids is 1. The second-order valence-electron chi connectivity index (χ2n) is 8.15. The first-order valence-electron chi connectivity index (χ1n) is 10.4. The van der Waals surface area contributed by atoms with Gasteiger partial charge in [-0.05, 0) is 48.6 Å². The molecule has 164 valence electrons. The van der Waals surface area contributed by atoms with E-state index in [1.807, 2.05) is 16.7 Å². The smallest absolute Gasteiger partial charge is 0.234 e. The van der Waals surface area contributed by atoms with Crippen LogP contribution in [-0.2, 0) is 11.3 Å². The number of nitrogens with one attached hydrogen (secondary N) is 1. The van der Waals surface area contributed by atoms with Crippen LogP contribution in [0.5, 0.6) is 0 Å². The minimum atomic E-state index is -0.390. The number of hydrogen-bond acceptors (Lipinski definition) is 6. The molecule has 1 aliphatic heterocycles. The third-order valence-electron chi connectivity index (χ3n) is 5.18. The number of benzene rings is 1. The van der Waals surface area contributed by atoms with E-state index >= 15 is 0 Å². The predicted octanol–water partition coefficient (Wildman–Crippen LogP) is 4.27. The third kappa shape index (κ3) is 5.46. The first kappa shape index (κ1) is 21.4. The van der Waals surface area contributed by atoms with Gasteiger partial charge in [-0.15, -0.1) is 10.2 Å². The van der Waals surface area contributed by atoms with Crippen molar-refractivity contribution in [3.8, 4) is 0 Å². The lowest BCUT2D eigenvalue weighted by Gasteiger charge is -2.35. The Hall–Kier alpha value is -2.81. The zero-order chi connectivity index (χ0) is 21.8. The first-order chi connectivity index (χ1) is 15.0. The molecule has 1 aromatic carbocycles. The molecule has 31 heavy (non-hydrogen) atoms. The number of hydrogen-bond donors (Lipinski definition) is 1. The van der Waals surface area contributed by atoms with Crippen LogP contribution in [0.25, 0.3) is 0 Å². The molecule has 0 bridgehead atoms. The SMILES string of the molecule is CC1CC(C)CN(c2nnc(SCC(=O)Nc3cccc(F)c3)n2Cc2ccco2)C1. The van der Waals surface area contributed by atoms with Crippen LogP contribution in [0.1, 0.15) is 26.0 Å². The fourth-order valence-corrected chi connectivity index (χ4v) is 4.77. The maximum atomic E-state index is 13.3. The summed E-state index contributed by atoms with van der Waals surface area (Å²) in [5.74, 6) is 2.26. The van der Waals surface area contributed by atoms with Gasteiger partial charge in [-0.3, -0.25) is 9.36 Å². The minimum Gasteiger partial charge on any atom is -0.467 e. The van der Waals surface area contributed by atoms with Crippen molar-refractivity contribution in [2.24, 2.45) is 11.8 Å². The number of piperidine rings is 1. The number of anilines is 2. The molecular formula is C22H26FN5O2S. The number of amides is 1. The van der Waals surface area contributed by atoms with Gasteiger partial charge in [0.25, 0.3) is 0 Å². The topological polar surface area (TPSA) is 76.2 Å². The van der Waals surface area contributed by atoms with E-state index in [9.17, 15) is 9.18 Å². The van der Waals surface area contributed by atoms with E-state index in [2.05, 4.69) is 34.3 Å². The lowest BCUT2D eigenvalue weighted by molar-refractivity contribution is -0.113. The van der Waals surface area contributed by atoms with Crippen molar-refractivity contribution < 1.29 is 13.6 Å². The van der Waals surface area contributed by atoms with Gasteiger partial charge in [0.1, 0.15) is 11.6 Å². The summed E-state index contributed by atoms with van der Waals surface area (Å²) in [7, 11) is 0. The van der Waals surface area contributed by atoms with Crippen LogP contribution in [0.2, 0.25) is 0 Å². The van der Waals surface area contributed by atoms with Crippen LogP contribution in [0.3, 0.4) is 0 Å². The first-order valence-corrected chi connectivity index (χ1v) is 11.3. The summed E-state index contributed by atoms with van der Waals surface area (Å²) in [5, 5.41) is 12.2. The number of furan rings is 1. The summed E-state index contributed by atoms with van der Waals surface area (Å²) in [6, 6.07) is 9.61. The quantitative estimate of drug-likeness (QED) is 0.550. The van der Waals surface area contributed by atoms with Crippen molar-refractivity contribution in [2.45, 2.75) is 32.0 Å². The Morgan fingerprint density at radius 1 is 1.23 bits per heavy atom. The monoisotopic (exact) mass is 443 g/mol. The highest BCUT2D eigenvalue weighted by molar-refractivity contribution is 7.99. The molecule has 1 N–H and O–H groups in total. The lowest BCUT2D eigenvalue weighted by atomic mass is 9.92. The molecule has 1 aliphatic rings. The summed E-state index contributed by atoms with van der Waals surface area (Å²) < 4.78 is 20.9. The maximum absolute atomic E-state index is 13.3. The van der Waals surface area contributed by atoms with E-state index in [1.54, 1.807) is 18.4 Å². The molecule has 0 saturated carbocycles. The van der Waals surface area contributed by atoms with E-state index in [0.29, 0.717) is 29.2 Å². The second-order valence-corrected chi connectivity index (χ2v) is 9.09. The highest BCUT2D eigenvalue weighted by Crippen LogP contribution is 2.29. The average molecular weight is 444 g/mol. The van der Waals surface area contributed by atoms with Crippen LogP contribution in [0.4, 0.5) is 16.0 Å². The molecule has 7 nitrogen and oxygen atoms in total. The van der Waals surface area contributed by atoms with E-state index in [0.717, 1.165) is 24.8 Å². The van der Waals surface area contributed by atoms with E-state index < -0.39 is 5.82 Å². The zero-order valence-electron chi connectivity index (χ0n) is 17.6. The highest BCUT2D eigenvalue weighted by atomic mass is 32.2. The van der Waals surface area contributed by atoms with Gasteiger partial charge in [0.15, 0.2) is 5.16 Å². The number of carbonyl (C=O) groups is 1. The van der Waals surface area contributed by atoms with Crippen molar-refractivity contribution in [1.29, 1.82) is 0 Å². The Kier molecular flexibility index (Phi) is 6.60. The van der Waals surface area contributed by atoms with Crippen LogP contribution in [0.15, 0.2) is 52.2 Å². The van der Waals surface area contributed by atoms with Gasteiger partial charge in [-0.25, -0.2) is 4.39 Å². The molecule has 2 atom stereocenters. The molecular weight excluding hydrogens is 417 g/mol. The van der Waals surface area contributed by atoms with E-state index in [1.165, 1.54) is 30.3 Å². The summed E-state index contributed by atoms with van der Waals surface area (Å²) >= 11 is 1.30. The molecule has 0 aliphatic carbocycles. The minimum absolute atomic E-state index is 0.138. The van der Waals surface area contributed by atoms with Crippen LogP contribution in [-0.4, -0.2) is 39.5 Å². The summed E-state index contributed by atoms with van der Waals surface area (Å²) in [6.07, 6.45) is 2.84. The number of thioether (sulfide) groups is 1. The largest absolute Gasteiger partial charge is 0.467 e. The Labute approximate surface area is 185 Å². The van der Waals surface area contributed by atoms with Crippen molar-refractivity contribution in [3.05, 3.63) is 54.2 Å². The van der Waals surface area contributed by atoms with E-state index in [-0.39, 0.29) is 11.7 Å². The summed E-state index contributed by atoms with van der Waals surface area (Å²) in [6.45, 7) is 6.84. The molecule has 9 heteroatoms. The molecule has 1 amide bonds. The van der Waals surface area contributed by atoms with Gasteiger partial charge >= 0.3 is 0 Å². The van der Waals surface area contributed by atoms with Crippen LogP contribution in [0, 0.1) is 17.7 Å². The maximum Gasteiger partial charge on any atom is 0.234 e. The molecule has 0 radical (unpaired) electrons. The van der Waals surface area contributed by atoms with Gasteiger partial charge in [-0.2, -0.15) is 0 Å². The summed E-state index contributed by atoms with van der Waals surface area (Å²) in [4.78, 5) is 14.6. The Morgan fingerprint density at radius 2 is 2.03 bits per heavy atom. The fourth-order valence-electron chi connectivity index (χ4n) is 4.04. The molecule has 4 rings (SSSR count). The molecule has 0 spiro atoms. The molecule has 1 fully saturated rings. The van der Waals surface area contributed by atoms with Crippen molar-refractivity contribution in [2.75, 3.05) is 29.1 Å². The van der Waals surface area contributed by atoms with Crippen LogP contribution >= 0.6 is 11.8 Å². The highest BCUT2D eigenvalue weighted by Gasteiger charge is 2.27. The molecule has 2 aromatic heterocycles. The predicted molar refractivity (Wildman–Crippen MR) is 119 cm³/mol. The molecule has 3 aromatic rings. The molecule has 2 unspecified atom stereocenters. The fraction of sp³-hybridized carbons (Fsp3) is 0.409. The van der Waals surface area contributed by atoms with Crippen molar-refractivity contribution in [1.82, 2.24) is 14.8 Å². The standard InChI is InChI=1S/C22H26FN5O2S/c1-15-9-16(2)12-27(11-15)21-25-26-22(28(21)13-19-7-4-8-30-19)31-14-20(29)24-18-6-3-5-17(23)10-18/h3-8,10,15-16H,9,11-14H2,1-2H3,(H,24,29).